The van der Waals surface area contributed by atoms with E-state index >= 15 is 0 Å². The molecule has 2 heterocycles. The first-order chi connectivity index (χ1) is 9.69. The van der Waals surface area contributed by atoms with Crippen LogP contribution in [-0.4, -0.2) is 34.1 Å². The molecule has 0 aliphatic heterocycles. The first-order valence-corrected chi connectivity index (χ1v) is 6.33. The van der Waals surface area contributed by atoms with E-state index in [1.807, 2.05) is 0 Å². The number of aromatic nitrogens is 3. The molecule has 0 saturated carbocycles. The summed E-state index contributed by atoms with van der Waals surface area (Å²) in [5.74, 6) is 1.58. The first kappa shape index (κ1) is 14.1. The number of hydrogen-bond donors (Lipinski definition) is 1. The molecule has 0 radical (unpaired) electrons. The smallest absolute Gasteiger partial charge is 0.404 e. The molecule has 0 bridgehead atoms. The highest BCUT2D eigenvalue weighted by atomic mass is 35.5. The molecule has 20 heavy (non-hydrogen) atoms. The fourth-order valence-corrected chi connectivity index (χ4v) is 1.61. The van der Waals surface area contributed by atoms with Crippen molar-refractivity contribution in [1.29, 1.82) is 0 Å². The van der Waals surface area contributed by atoms with Gasteiger partial charge in [0.15, 0.2) is 5.82 Å². The average Bonchev–Trinajstić information content (AvgIpc) is 2.93. The topological polar surface area (TPSA) is 92.3 Å². The van der Waals surface area contributed by atoms with Crippen molar-refractivity contribution in [1.82, 2.24) is 14.8 Å². The van der Waals surface area contributed by atoms with Crippen molar-refractivity contribution in [3.05, 3.63) is 36.3 Å². The number of primary amides is 1. The van der Waals surface area contributed by atoms with Gasteiger partial charge < -0.3 is 15.2 Å². The maximum absolute atomic E-state index is 10.4. The minimum Gasteiger partial charge on any atom is -0.490 e. The van der Waals surface area contributed by atoms with E-state index in [0.29, 0.717) is 17.4 Å². The van der Waals surface area contributed by atoms with Gasteiger partial charge in [-0.1, -0.05) is 0 Å². The van der Waals surface area contributed by atoms with Crippen molar-refractivity contribution in [3.63, 3.8) is 0 Å². The molecule has 2 N–H and O–H groups in total. The summed E-state index contributed by atoms with van der Waals surface area (Å²) in [6.45, 7) is 0.295. The van der Waals surface area contributed by atoms with Gasteiger partial charge in [-0.2, -0.15) is 5.10 Å². The molecular weight excluding hydrogens is 284 g/mol. The molecule has 0 saturated heterocycles. The van der Waals surface area contributed by atoms with Crippen molar-refractivity contribution in [2.45, 2.75) is 5.88 Å². The second kappa shape index (κ2) is 6.76. The van der Waals surface area contributed by atoms with Gasteiger partial charge >= 0.3 is 6.09 Å². The van der Waals surface area contributed by atoms with Gasteiger partial charge in [-0.25, -0.2) is 14.5 Å². The second-order valence-electron chi connectivity index (χ2n) is 3.79. The van der Waals surface area contributed by atoms with E-state index in [4.69, 9.17) is 22.1 Å². The van der Waals surface area contributed by atoms with E-state index < -0.39 is 6.09 Å². The van der Waals surface area contributed by atoms with Crippen molar-refractivity contribution < 1.29 is 14.3 Å². The molecule has 0 aromatic carbocycles. The van der Waals surface area contributed by atoms with Gasteiger partial charge in [0.25, 0.3) is 0 Å². The number of nitrogens with zero attached hydrogens (tertiary/aromatic N) is 3. The molecule has 0 aliphatic rings. The summed E-state index contributed by atoms with van der Waals surface area (Å²) in [6.07, 6.45) is 4.23. The van der Waals surface area contributed by atoms with Gasteiger partial charge in [0.1, 0.15) is 19.0 Å². The predicted octanol–water partition coefficient (Wildman–Crippen LogP) is 1.48. The van der Waals surface area contributed by atoms with E-state index in [9.17, 15) is 4.79 Å². The van der Waals surface area contributed by atoms with E-state index in [1.165, 1.54) is 0 Å². The van der Waals surface area contributed by atoms with E-state index in [-0.39, 0.29) is 13.2 Å². The standard InChI is InChI=1S/C12H13ClN4O3/c13-6-9-7-16-17(8-9)11-5-10(1-2-15-11)19-3-4-20-12(14)18/h1-2,5,7-8H,3-4,6H2,(H2,14,18). The molecule has 1 amide bonds. The maximum atomic E-state index is 10.4. The third kappa shape index (κ3) is 3.86. The van der Waals surface area contributed by atoms with Crippen LogP contribution in [0.4, 0.5) is 4.79 Å². The quantitative estimate of drug-likeness (QED) is 0.644. The van der Waals surface area contributed by atoms with E-state index in [0.717, 1.165) is 5.56 Å². The molecule has 0 spiro atoms. The molecule has 0 fully saturated rings. The van der Waals surface area contributed by atoms with Crippen LogP contribution in [0.1, 0.15) is 5.56 Å². The largest absolute Gasteiger partial charge is 0.490 e. The summed E-state index contributed by atoms with van der Waals surface area (Å²) in [6, 6.07) is 3.41. The molecule has 8 heteroatoms. The van der Waals surface area contributed by atoms with Crippen molar-refractivity contribution in [2.24, 2.45) is 5.73 Å². The Kier molecular flexibility index (Phi) is 4.78. The zero-order valence-corrected chi connectivity index (χ0v) is 11.3. The van der Waals surface area contributed by atoms with Gasteiger partial charge in [-0.3, -0.25) is 0 Å². The molecule has 2 rings (SSSR count). The highest BCUT2D eigenvalue weighted by Gasteiger charge is 2.04. The molecule has 2 aromatic heterocycles. The summed E-state index contributed by atoms with van der Waals surface area (Å²) in [7, 11) is 0. The Labute approximate surface area is 120 Å². The maximum Gasteiger partial charge on any atom is 0.404 e. The normalized spacial score (nSPS) is 10.2. The lowest BCUT2D eigenvalue weighted by Crippen LogP contribution is -2.17. The number of carbonyl (C=O) groups is 1. The number of hydrogen-bond acceptors (Lipinski definition) is 5. The highest BCUT2D eigenvalue weighted by molar-refractivity contribution is 6.17. The molecule has 0 aliphatic carbocycles. The minimum atomic E-state index is -0.825. The first-order valence-electron chi connectivity index (χ1n) is 5.80. The van der Waals surface area contributed by atoms with E-state index in [1.54, 1.807) is 35.4 Å². The Morgan fingerprint density at radius 3 is 3.00 bits per heavy atom. The molecule has 2 aromatic rings. The Morgan fingerprint density at radius 2 is 2.30 bits per heavy atom. The van der Waals surface area contributed by atoms with Crippen molar-refractivity contribution in [3.8, 4) is 11.6 Å². The van der Waals surface area contributed by atoms with Crippen LogP contribution in [-0.2, 0) is 10.6 Å². The van der Waals surface area contributed by atoms with Crippen molar-refractivity contribution in [2.75, 3.05) is 13.2 Å². The number of ether oxygens (including phenoxy) is 2. The van der Waals surface area contributed by atoms with Gasteiger partial charge in [-0.05, 0) is 6.07 Å². The van der Waals surface area contributed by atoms with Crippen LogP contribution >= 0.6 is 11.6 Å². The fraction of sp³-hybridized carbons (Fsp3) is 0.250. The number of alkyl halides is 1. The fourth-order valence-electron chi connectivity index (χ4n) is 1.47. The molecular formula is C12H13ClN4O3. The van der Waals surface area contributed by atoms with Gasteiger partial charge in [0.2, 0.25) is 0 Å². The average molecular weight is 297 g/mol. The number of halogens is 1. The summed E-state index contributed by atoms with van der Waals surface area (Å²) in [5, 5.41) is 4.15. The summed E-state index contributed by atoms with van der Waals surface area (Å²) in [5.41, 5.74) is 5.74. The van der Waals surface area contributed by atoms with Crippen LogP contribution in [0, 0.1) is 0 Å². The van der Waals surface area contributed by atoms with Crippen LogP contribution in [0.25, 0.3) is 5.82 Å². The Bertz CT molecular complexity index is 588. The summed E-state index contributed by atoms with van der Waals surface area (Å²) in [4.78, 5) is 14.6. The summed E-state index contributed by atoms with van der Waals surface area (Å²) >= 11 is 5.72. The monoisotopic (exact) mass is 296 g/mol. The lowest BCUT2D eigenvalue weighted by atomic mass is 10.4. The lowest BCUT2D eigenvalue weighted by molar-refractivity contribution is 0.134. The highest BCUT2D eigenvalue weighted by Crippen LogP contribution is 2.14. The van der Waals surface area contributed by atoms with Gasteiger partial charge in [0.05, 0.1) is 12.1 Å². The van der Waals surface area contributed by atoms with Crippen LogP contribution in [0.2, 0.25) is 0 Å². The number of pyridine rings is 1. The van der Waals surface area contributed by atoms with Crippen LogP contribution in [0.3, 0.4) is 0 Å². The van der Waals surface area contributed by atoms with Crippen LogP contribution in [0.5, 0.6) is 5.75 Å². The summed E-state index contributed by atoms with van der Waals surface area (Å²) < 4.78 is 11.6. The van der Waals surface area contributed by atoms with E-state index in [2.05, 4.69) is 14.8 Å². The third-order valence-corrected chi connectivity index (χ3v) is 2.65. The van der Waals surface area contributed by atoms with Crippen LogP contribution < -0.4 is 10.5 Å². The Hall–Kier alpha value is -2.28. The SMILES string of the molecule is NC(=O)OCCOc1ccnc(-n2cc(CCl)cn2)c1. The van der Waals surface area contributed by atoms with Crippen molar-refractivity contribution >= 4 is 17.7 Å². The zero-order chi connectivity index (χ0) is 14.4. The second-order valence-corrected chi connectivity index (χ2v) is 4.06. The molecule has 7 nitrogen and oxygen atoms in total. The minimum absolute atomic E-state index is 0.0884. The number of carbonyl (C=O) groups excluding carboxylic acids is 1. The predicted molar refractivity (Wildman–Crippen MR) is 71.9 cm³/mol. The molecule has 0 unspecified atom stereocenters. The number of rotatable bonds is 6. The lowest BCUT2D eigenvalue weighted by Gasteiger charge is -2.07. The zero-order valence-electron chi connectivity index (χ0n) is 10.5. The molecule has 106 valence electrons. The van der Waals surface area contributed by atoms with Crippen LogP contribution in [0.15, 0.2) is 30.7 Å². The number of amides is 1. The number of nitrogens with two attached hydrogens (primary N) is 1. The third-order valence-electron chi connectivity index (χ3n) is 2.34. The Morgan fingerprint density at radius 1 is 1.45 bits per heavy atom. The van der Waals surface area contributed by atoms with Gasteiger partial charge in [0, 0.05) is 24.0 Å². The van der Waals surface area contributed by atoms with Gasteiger partial charge in [-0.15, -0.1) is 11.6 Å². The molecule has 0 atom stereocenters. The Balaban J connectivity index is 1.98.